The Bertz CT molecular complexity index is 543. The van der Waals surface area contributed by atoms with Crippen LogP contribution >= 0.6 is 23.2 Å². The summed E-state index contributed by atoms with van der Waals surface area (Å²) in [6, 6.07) is 3.23. The summed E-state index contributed by atoms with van der Waals surface area (Å²) < 4.78 is 5.33. The van der Waals surface area contributed by atoms with Crippen LogP contribution in [0.3, 0.4) is 0 Å². The molecule has 0 spiro atoms. The number of carbonyl (C=O) groups excluding carboxylic acids is 1. The third kappa shape index (κ3) is 2.36. The number of hydrogen-bond acceptors (Lipinski definition) is 3. The first-order valence-corrected chi connectivity index (χ1v) is 7.37. The van der Waals surface area contributed by atoms with Crippen molar-refractivity contribution in [3.63, 3.8) is 0 Å². The molecule has 2 fully saturated rings. The Kier molecular flexibility index (Phi) is 3.80. The van der Waals surface area contributed by atoms with Crippen molar-refractivity contribution in [2.24, 2.45) is 0 Å². The van der Waals surface area contributed by atoms with Gasteiger partial charge in [-0.3, -0.25) is 4.79 Å². The van der Waals surface area contributed by atoms with Gasteiger partial charge in [-0.2, -0.15) is 0 Å². The van der Waals surface area contributed by atoms with Crippen LogP contribution in [-0.2, 0) is 9.53 Å². The number of benzene rings is 1. The first-order chi connectivity index (χ1) is 9.58. The molecule has 6 heteroatoms. The zero-order valence-electron chi connectivity index (χ0n) is 10.8. The molecule has 0 aromatic heterocycles. The van der Waals surface area contributed by atoms with E-state index in [9.17, 15) is 9.90 Å². The van der Waals surface area contributed by atoms with Gasteiger partial charge in [0, 0.05) is 31.1 Å². The highest BCUT2D eigenvalue weighted by molar-refractivity contribution is 6.42. The molecule has 0 radical (unpaired) electrons. The predicted molar refractivity (Wildman–Crippen MR) is 76.4 cm³/mol. The van der Waals surface area contributed by atoms with Crippen molar-refractivity contribution in [1.29, 1.82) is 0 Å². The summed E-state index contributed by atoms with van der Waals surface area (Å²) >= 11 is 12.2. The van der Waals surface area contributed by atoms with Crippen molar-refractivity contribution < 1.29 is 14.6 Å². The van der Waals surface area contributed by atoms with E-state index in [-0.39, 0.29) is 23.6 Å². The molecule has 2 aliphatic heterocycles. The SMILES string of the molecule is O=C1C[C@@H](c2c(O)ccc(Cl)c2Cl)CN1C1CCOC1. The summed E-state index contributed by atoms with van der Waals surface area (Å²) in [5.41, 5.74) is 0.578. The van der Waals surface area contributed by atoms with Crippen LogP contribution in [-0.4, -0.2) is 41.7 Å². The van der Waals surface area contributed by atoms with Crippen LogP contribution in [0.4, 0.5) is 0 Å². The molecule has 0 saturated carbocycles. The highest BCUT2D eigenvalue weighted by atomic mass is 35.5. The van der Waals surface area contributed by atoms with Gasteiger partial charge in [-0.05, 0) is 18.6 Å². The molecule has 20 heavy (non-hydrogen) atoms. The molecule has 1 N–H and O–H groups in total. The summed E-state index contributed by atoms with van der Waals surface area (Å²) in [5.74, 6) is 0.0666. The van der Waals surface area contributed by atoms with Gasteiger partial charge in [0.1, 0.15) is 5.75 Å². The predicted octanol–water partition coefficient (Wildman–Crippen LogP) is 2.80. The Labute approximate surface area is 127 Å². The first kappa shape index (κ1) is 14.0. The molecule has 2 atom stereocenters. The van der Waals surface area contributed by atoms with Gasteiger partial charge in [0.2, 0.25) is 5.91 Å². The fourth-order valence-electron chi connectivity index (χ4n) is 2.99. The highest BCUT2D eigenvalue weighted by Gasteiger charge is 2.38. The van der Waals surface area contributed by atoms with E-state index in [4.69, 9.17) is 27.9 Å². The lowest BCUT2D eigenvalue weighted by Gasteiger charge is -2.23. The van der Waals surface area contributed by atoms with E-state index in [2.05, 4.69) is 0 Å². The number of phenolic OH excluding ortho intramolecular Hbond substituents is 1. The summed E-state index contributed by atoms with van der Waals surface area (Å²) in [6.07, 6.45) is 1.22. The average molecular weight is 316 g/mol. The van der Waals surface area contributed by atoms with E-state index >= 15 is 0 Å². The Hall–Kier alpha value is -0.970. The zero-order chi connectivity index (χ0) is 14.3. The summed E-state index contributed by atoms with van der Waals surface area (Å²) in [4.78, 5) is 14.0. The molecular weight excluding hydrogens is 301 g/mol. The number of halogens is 2. The monoisotopic (exact) mass is 315 g/mol. The number of hydrogen-bond donors (Lipinski definition) is 1. The minimum Gasteiger partial charge on any atom is -0.508 e. The standard InChI is InChI=1S/C14H15Cl2NO3/c15-10-1-2-11(18)13(14(10)16)8-5-12(19)17(6-8)9-3-4-20-7-9/h1-2,8-9,18H,3-7H2/t8-,9?/m1/s1. The minimum absolute atomic E-state index is 0.0842. The van der Waals surface area contributed by atoms with Crippen molar-refractivity contribution in [1.82, 2.24) is 4.90 Å². The molecular formula is C14H15Cl2NO3. The third-order valence-electron chi connectivity index (χ3n) is 4.02. The Morgan fingerprint density at radius 1 is 1.35 bits per heavy atom. The average Bonchev–Trinajstić information content (AvgIpc) is 3.04. The fraction of sp³-hybridized carbons (Fsp3) is 0.500. The quantitative estimate of drug-likeness (QED) is 0.913. The Morgan fingerprint density at radius 2 is 2.15 bits per heavy atom. The molecule has 1 amide bonds. The fourth-order valence-corrected chi connectivity index (χ4v) is 3.47. The van der Waals surface area contributed by atoms with Crippen LogP contribution in [0, 0.1) is 0 Å². The van der Waals surface area contributed by atoms with Gasteiger partial charge in [0.15, 0.2) is 0 Å². The van der Waals surface area contributed by atoms with E-state index in [1.807, 2.05) is 4.90 Å². The van der Waals surface area contributed by atoms with Gasteiger partial charge in [0.05, 0.1) is 22.7 Å². The molecule has 1 aromatic carbocycles. The molecule has 1 unspecified atom stereocenters. The van der Waals surface area contributed by atoms with E-state index in [1.165, 1.54) is 6.07 Å². The van der Waals surface area contributed by atoms with E-state index < -0.39 is 0 Å². The maximum absolute atomic E-state index is 12.2. The van der Waals surface area contributed by atoms with Crippen molar-refractivity contribution in [2.75, 3.05) is 19.8 Å². The number of nitrogens with zero attached hydrogens (tertiary/aromatic N) is 1. The number of likely N-dealkylation sites (tertiary alicyclic amines) is 1. The summed E-state index contributed by atoms with van der Waals surface area (Å²) in [5, 5.41) is 10.8. The first-order valence-electron chi connectivity index (χ1n) is 6.62. The molecule has 2 aliphatic rings. The van der Waals surface area contributed by atoms with Gasteiger partial charge in [-0.15, -0.1) is 0 Å². The number of amides is 1. The third-order valence-corrected chi connectivity index (χ3v) is 4.84. The second kappa shape index (κ2) is 5.43. The molecule has 0 bridgehead atoms. The molecule has 3 rings (SSSR count). The van der Waals surface area contributed by atoms with Gasteiger partial charge in [-0.1, -0.05) is 23.2 Å². The van der Waals surface area contributed by atoms with Crippen molar-refractivity contribution in [3.05, 3.63) is 27.7 Å². The molecule has 4 nitrogen and oxygen atoms in total. The van der Waals surface area contributed by atoms with Crippen molar-refractivity contribution in [3.8, 4) is 5.75 Å². The number of ether oxygens (including phenoxy) is 1. The van der Waals surface area contributed by atoms with Crippen LogP contribution in [0.1, 0.15) is 24.3 Å². The van der Waals surface area contributed by atoms with Gasteiger partial charge >= 0.3 is 0 Å². The largest absolute Gasteiger partial charge is 0.508 e. The second-order valence-electron chi connectivity index (χ2n) is 5.26. The van der Waals surface area contributed by atoms with E-state index in [0.717, 1.165) is 6.42 Å². The maximum atomic E-state index is 12.2. The normalized spacial score (nSPS) is 26.5. The van der Waals surface area contributed by atoms with E-state index in [0.29, 0.717) is 41.8 Å². The molecule has 0 aliphatic carbocycles. The molecule has 108 valence electrons. The lowest BCUT2D eigenvalue weighted by atomic mass is 9.97. The number of aromatic hydroxyl groups is 1. The molecule has 1 aromatic rings. The molecule has 2 heterocycles. The number of rotatable bonds is 2. The van der Waals surface area contributed by atoms with Gasteiger partial charge in [0.25, 0.3) is 0 Å². The number of phenols is 1. The lowest BCUT2D eigenvalue weighted by Crippen LogP contribution is -2.36. The van der Waals surface area contributed by atoms with Crippen molar-refractivity contribution >= 4 is 29.1 Å². The smallest absolute Gasteiger partial charge is 0.223 e. The lowest BCUT2D eigenvalue weighted by molar-refractivity contribution is -0.129. The molecule has 2 saturated heterocycles. The maximum Gasteiger partial charge on any atom is 0.223 e. The van der Waals surface area contributed by atoms with Crippen LogP contribution in [0.15, 0.2) is 12.1 Å². The zero-order valence-corrected chi connectivity index (χ0v) is 12.3. The Morgan fingerprint density at radius 3 is 2.85 bits per heavy atom. The minimum atomic E-state index is -0.116. The topological polar surface area (TPSA) is 49.8 Å². The summed E-state index contributed by atoms with van der Waals surface area (Å²) in [6.45, 7) is 1.84. The van der Waals surface area contributed by atoms with Crippen molar-refractivity contribution in [2.45, 2.75) is 24.8 Å². The van der Waals surface area contributed by atoms with Crippen LogP contribution in [0.25, 0.3) is 0 Å². The van der Waals surface area contributed by atoms with Crippen LogP contribution in [0.2, 0.25) is 10.0 Å². The van der Waals surface area contributed by atoms with Crippen LogP contribution in [0.5, 0.6) is 5.75 Å². The number of carbonyl (C=O) groups is 1. The van der Waals surface area contributed by atoms with Crippen LogP contribution < -0.4 is 0 Å². The Balaban J connectivity index is 1.86. The van der Waals surface area contributed by atoms with Gasteiger partial charge < -0.3 is 14.7 Å². The highest BCUT2D eigenvalue weighted by Crippen LogP contribution is 2.42. The second-order valence-corrected chi connectivity index (χ2v) is 6.04. The van der Waals surface area contributed by atoms with Gasteiger partial charge in [-0.25, -0.2) is 0 Å². The van der Waals surface area contributed by atoms with E-state index in [1.54, 1.807) is 6.07 Å². The summed E-state index contributed by atoms with van der Waals surface area (Å²) in [7, 11) is 0.